The molecule has 0 aliphatic carbocycles. The first-order chi connectivity index (χ1) is 13.6. The first-order valence-electron chi connectivity index (χ1n) is 8.39. The number of furan rings is 1. The van der Waals surface area contributed by atoms with Crippen molar-refractivity contribution in [3.8, 4) is 0 Å². The molecule has 0 atom stereocenters. The van der Waals surface area contributed by atoms with Gasteiger partial charge in [0.25, 0.3) is 0 Å². The Bertz CT molecular complexity index is 974. The SMILES string of the molecule is CCOC(=O)c1ccccc1Nc1ncnc(NCc2ccco2)c1[N+](=O)[O-]. The van der Waals surface area contributed by atoms with E-state index in [9.17, 15) is 14.9 Å². The zero-order valence-electron chi connectivity index (χ0n) is 14.9. The van der Waals surface area contributed by atoms with Crippen LogP contribution in [-0.4, -0.2) is 27.5 Å². The molecule has 0 bridgehead atoms. The van der Waals surface area contributed by atoms with Crippen LogP contribution in [0.15, 0.2) is 53.4 Å². The molecule has 2 N–H and O–H groups in total. The monoisotopic (exact) mass is 383 g/mol. The van der Waals surface area contributed by atoms with Gasteiger partial charge in [-0.1, -0.05) is 12.1 Å². The number of rotatable bonds is 8. The van der Waals surface area contributed by atoms with E-state index in [2.05, 4.69) is 20.6 Å². The van der Waals surface area contributed by atoms with Crippen molar-refractivity contribution in [3.63, 3.8) is 0 Å². The molecule has 1 aromatic carbocycles. The van der Waals surface area contributed by atoms with Gasteiger partial charge in [0.2, 0.25) is 11.6 Å². The van der Waals surface area contributed by atoms with Crippen molar-refractivity contribution in [2.24, 2.45) is 0 Å². The van der Waals surface area contributed by atoms with Crippen molar-refractivity contribution in [3.05, 3.63) is 70.4 Å². The van der Waals surface area contributed by atoms with Crippen molar-refractivity contribution < 1.29 is 18.9 Å². The lowest BCUT2D eigenvalue weighted by atomic mass is 10.2. The molecule has 3 rings (SSSR count). The first kappa shape index (κ1) is 18.8. The number of nitrogens with zero attached hydrogens (tertiary/aromatic N) is 3. The Kier molecular flexibility index (Phi) is 5.80. The molecule has 2 heterocycles. The molecule has 0 saturated heterocycles. The van der Waals surface area contributed by atoms with E-state index in [1.54, 1.807) is 43.3 Å². The summed E-state index contributed by atoms with van der Waals surface area (Å²) in [6.07, 6.45) is 2.69. The van der Waals surface area contributed by atoms with Crippen LogP contribution in [0.25, 0.3) is 0 Å². The number of anilines is 3. The maximum absolute atomic E-state index is 12.1. The van der Waals surface area contributed by atoms with Crippen molar-refractivity contribution in [1.82, 2.24) is 9.97 Å². The highest BCUT2D eigenvalue weighted by Gasteiger charge is 2.24. The van der Waals surface area contributed by atoms with Crippen molar-refractivity contribution >= 4 is 29.0 Å². The van der Waals surface area contributed by atoms with Gasteiger partial charge in [-0.15, -0.1) is 0 Å². The lowest BCUT2D eigenvalue weighted by Crippen LogP contribution is -2.11. The van der Waals surface area contributed by atoms with Crippen LogP contribution in [0, 0.1) is 10.1 Å². The Hall–Kier alpha value is -3.95. The number of ether oxygens (including phenoxy) is 1. The molecule has 10 heteroatoms. The van der Waals surface area contributed by atoms with Gasteiger partial charge in [0.15, 0.2) is 0 Å². The minimum atomic E-state index is -0.597. The van der Waals surface area contributed by atoms with Crippen LogP contribution < -0.4 is 10.6 Å². The van der Waals surface area contributed by atoms with Gasteiger partial charge in [0.1, 0.15) is 12.1 Å². The molecule has 3 aromatic rings. The second-order valence-corrected chi connectivity index (χ2v) is 5.50. The highest BCUT2D eigenvalue weighted by Crippen LogP contribution is 2.32. The van der Waals surface area contributed by atoms with Crippen LogP contribution in [0.1, 0.15) is 23.0 Å². The summed E-state index contributed by atoms with van der Waals surface area (Å²) in [5, 5.41) is 17.3. The topological polar surface area (TPSA) is 132 Å². The average molecular weight is 383 g/mol. The quantitative estimate of drug-likeness (QED) is 0.340. The van der Waals surface area contributed by atoms with E-state index in [1.807, 2.05) is 0 Å². The van der Waals surface area contributed by atoms with Crippen LogP contribution in [0.4, 0.5) is 23.0 Å². The maximum atomic E-state index is 12.1. The van der Waals surface area contributed by atoms with Gasteiger partial charge >= 0.3 is 11.7 Å². The lowest BCUT2D eigenvalue weighted by Gasteiger charge is -2.12. The van der Waals surface area contributed by atoms with Crippen molar-refractivity contribution in [1.29, 1.82) is 0 Å². The highest BCUT2D eigenvalue weighted by atomic mass is 16.6. The smallest absolute Gasteiger partial charge is 0.353 e. The Balaban J connectivity index is 1.91. The fraction of sp³-hybridized carbons (Fsp3) is 0.167. The zero-order valence-corrected chi connectivity index (χ0v) is 14.9. The van der Waals surface area contributed by atoms with Gasteiger partial charge in [-0.25, -0.2) is 14.8 Å². The third-order valence-electron chi connectivity index (χ3n) is 3.69. The van der Waals surface area contributed by atoms with Gasteiger partial charge in [0, 0.05) is 0 Å². The van der Waals surface area contributed by atoms with E-state index in [0.29, 0.717) is 11.4 Å². The summed E-state index contributed by atoms with van der Waals surface area (Å²) in [6, 6.07) is 9.97. The normalized spacial score (nSPS) is 10.3. The highest BCUT2D eigenvalue weighted by molar-refractivity contribution is 5.96. The minimum Gasteiger partial charge on any atom is -0.467 e. The number of carbonyl (C=O) groups excluding carboxylic acids is 1. The van der Waals surface area contributed by atoms with Crippen molar-refractivity contribution in [2.45, 2.75) is 13.5 Å². The zero-order chi connectivity index (χ0) is 19.9. The molecular formula is C18H17N5O5. The lowest BCUT2D eigenvalue weighted by molar-refractivity contribution is -0.383. The molecular weight excluding hydrogens is 366 g/mol. The number of nitrogens with one attached hydrogen (secondary N) is 2. The molecule has 0 aliphatic heterocycles. The van der Waals surface area contributed by atoms with Crippen LogP contribution in [0.2, 0.25) is 0 Å². The number of aromatic nitrogens is 2. The number of esters is 1. The predicted molar refractivity (Wildman–Crippen MR) is 100 cm³/mol. The van der Waals surface area contributed by atoms with Crippen LogP contribution >= 0.6 is 0 Å². The van der Waals surface area contributed by atoms with Gasteiger partial charge in [-0.2, -0.15) is 0 Å². The second kappa shape index (κ2) is 8.62. The molecule has 2 aromatic heterocycles. The Morgan fingerprint density at radius 3 is 2.71 bits per heavy atom. The maximum Gasteiger partial charge on any atom is 0.353 e. The standard InChI is InChI=1S/C18H17N5O5/c1-2-27-18(24)13-7-3-4-8-14(13)22-17-15(23(25)26)16(20-11-21-17)19-10-12-6-5-9-28-12/h3-9,11H,2,10H2,1H3,(H2,19,20,21,22). The molecule has 0 aliphatic rings. The summed E-state index contributed by atoms with van der Waals surface area (Å²) in [7, 11) is 0. The van der Waals surface area contributed by atoms with E-state index in [1.165, 1.54) is 12.6 Å². The predicted octanol–water partition coefficient (Wildman–Crippen LogP) is 3.51. The number of carbonyl (C=O) groups is 1. The molecule has 0 fully saturated rings. The molecule has 144 valence electrons. The molecule has 0 amide bonds. The van der Waals surface area contributed by atoms with E-state index in [-0.39, 0.29) is 36.0 Å². The first-order valence-corrected chi connectivity index (χ1v) is 8.39. The molecule has 0 spiro atoms. The number of para-hydroxylation sites is 1. The number of hydrogen-bond acceptors (Lipinski definition) is 9. The third-order valence-corrected chi connectivity index (χ3v) is 3.69. The van der Waals surface area contributed by atoms with E-state index in [4.69, 9.17) is 9.15 Å². The van der Waals surface area contributed by atoms with Gasteiger partial charge < -0.3 is 19.8 Å². The third kappa shape index (κ3) is 4.23. The van der Waals surface area contributed by atoms with Crippen LogP contribution in [0.3, 0.4) is 0 Å². The molecule has 0 unspecified atom stereocenters. The van der Waals surface area contributed by atoms with Crippen LogP contribution in [-0.2, 0) is 11.3 Å². The fourth-order valence-electron chi connectivity index (χ4n) is 2.46. The molecule has 28 heavy (non-hydrogen) atoms. The summed E-state index contributed by atoms with van der Waals surface area (Å²) in [5.74, 6) is 0.0137. The second-order valence-electron chi connectivity index (χ2n) is 5.50. The summed E-state index contributed by atoms with van der Waals surface area (Å²) < 4.78 is 10.2. The summed E-state index contributed by atoms with van der Waals surface area (Å²) in [6.45, 7) is 2.12. The van der Waals surface area contributed by atoms with Gasteiger partial charge in [0.05, 0.1) is 35.6 Å². The van der Waals surface area contributed by atoms with Gasteiger partial charge in [-0.3, -0.25) is 10.1 Å². The van der Waals surface area contributed by atoms with E-state index in [0.717, 1.165) is 0 Å². The minimum absolute atomic E-state index is 0.0208. The Morgan fingerprint density at radius 2 is 2.00 bits per heavy atom. The number of nitro groups is 1. The number of hydrogen-bond donors (Lipinski definition) is 2. The fourth-order valence-corrected chi connectivity index (χ4v) is 2.46. The Labute approximate surface area is 159 Å². The van der Waals surface area contributed by atoms with Gasteiger partial charge in [-0.05, 0) is 31.2 Å². The largest absolute Gasteiger partial charge is 0.467 e. The molecule has 10 nitrogen and oxygen atoms in total. The Morgan fingerprint density at radius 1 is 1.21 bits per heavy atom. The van der Waals surface area contributed by atoms with E-state index < -0.39 is 10.9 Å². The molecule has 0 radical (unpaired) electrons. The summed E-state index contributed by atoms with van der Waals surface area (Å²) >= 11 is 0. The van der Waals surface area contributed by atoms with Crippen molar-refractivity contribution in [2.75, 3.05) is 17.2 Å². The summed E-state index contributed by atoms with van der Waals surface area (Å²) in [5.41, 5.74) is 0.217. The molecule has 0 saturated carbocycles. The van der Waals surface area contributed by atoms with Crippen LogP contribution in [0.5, 0.6) is 0 Å². The summed E-state index contributed by atoms with van der Waals surface area (Å²) in [4.78, 5) is 31.1. The van der Waals surface area contributed by atoms with E-state index >= 15 is 0 Å². The number of benzene rings is 1. The average Bonchev–Trinajstić information content (AvgIpc) is 3.20.